The molecule has 2 heterocycles. The number of amides is 1. The van der Waals surface area contributed by atoms with E-state index in [0.29, 0.717) is 17.1 Å². The molecular formula is C15H13FN4O2S. The second-order valence-electron chi connectivity index (χ2n) is 4.89. The quantitative estimate of drug-likeness (QED) is 0.799. The van der Waals surface area contributed by atoms with E-state index in [1.807, 2.05) is 6.92 Å². The number of hydrogen-bond acceptors (Lipinski definition) is 5. The minimum Gasteiger partial charge on any atom is -0.316 e. The summed E-state index contributed by atoms with van der Waals surface area (Å²) in [4.78, 5) is 29.5. The zero-order valence-corrected chi connectivity index (χ0v) is 13.3. The maximum absolute atomic E-state index is 13.2. The van der Waals surface area contributed by atoms with Gasteiger partial charge in [0.05, 0.1) is 5.69 Å². The highest BCUT2D eigenvalue weighted by Gasteiger charge is 2.16. The number of halogens is 1. The molecule has 0 aliphatic carbocycles. The van der Waals surface area contributed by atoms with E-state index in [0.717, 1.165) is 11.1 Å². The first-order valence-corrected chi connectivity index (χ1v) is 7.77. The fourth-order valence-electron chi connectivity index (χ4n) is 2.09. The van der Waals surface area contributed by atoms with Crippen LogP contribution in [0.3, 0.4) is 0 Å². The largest absolute Gasteiger partial charge is 0.316 e. The summed E-state index contributed by atoms with van der Waals surface area (Å²) in [6.45, 7) is 3.57. The molecule has 1 aromatic carbocycles. The standard InChI is InChI=1S/C15H13FN4O2S/c1-3-11-19-20-14(22)12(8(2)17-15(20)23-11)18-13(21)9-5-4-6-10(16)7-9/h4-7H,3H2,1-2H3,(H,18,21). The summed E-state index contributed by atoms with van der Waals surface area (Å²) >= 11 is 1.33. The molecule has 0 aliphatic rings. The molecule has 1 amide bonds. The van der Waals surface area contributed by atoms with Gasteiger partial charge in [0.1, 0.15) is 16.5 Å². The van der Waals surface area contributed by atoms with E-state index in [-0.39, 0.29) is 11.3 Å². The first kappa shape index (κ1) is 15.3. The van der Waals surface area contributed by atoms with Crippen molar-refractivity contribution in [1.82, 2.24) is 14.6 Å². The van der Waals surface area contributed by atoms with Gasteiger partial charge < -0.3 is 5.32 Å². The molecule has 0 fully saturated rings. The average Bonchev–Trinajstić information content (AvgIpc) is 2.94. The summed E-state index contributed by atoms with van der Waals surface area (Å²) in [5.41, 5.74) is 0.116. The maximum atomic E-state index is 13.2. The molecule has 118 valence electrons. The van der Waals surface area contributed by atoms with Crippen molar-refractivity contribution in [3.05, 3.63) is 56.7 Å². The number of aromatic nitrogens is 3. The van der Waals surface area contributed by atoms with Gasteiger partial charge >= 0.3 is 0 Å². The predicted molar refractivity (Wildman–Crippen MR) is 85.6 cm³/mol. The second kappa shape index (κ2) is 5.88. The van der Waals surface area contributed by atoms with Crippen molar-refractivity contribution >= 4 is 27.9 Å². The van der Waals surface area contributed by atoms with E-state index in [9.17, 15) is 14.0 Å². The Kier molecular flexibility index (Phi) is 3.91. The van der Waals surface area contributed by atoms with Crippen molar-refractivity contribution in [1.29, 1.82) is 0 Å². The number of hydrogen-bond donors (Lipinski definition) is 1. The number of aryl methyl sites for hydroxylation is 2. The molecule has 23 heavy (non-hydrogen) atoms. The van der Waals surface area contributed by atoms with Crippen molar-refractivity contribution in [2.45, 2.75) is 20.3 Å². The number of benzene rings is 1. The van der Waals surface area contributed by atoms with Crippen LogP contribution in [-0.4, -0.2) is 20.5 Å². The van der Waals surface area contributed by atoms with Crippen LogP contribution in [-0.2, 0) is 6.42 Å². The number of rotatable bonds is 3. The Balaban J connectivity index is 2.02. The highest BCUT2D eigenvalue weighted by Crippen LogP contribution is 2.16. The van der Waals surface area contributed by atoms with E-state index < -0.39 is 17.3 Å². The normalized spacial score (nSPS) is 10.9. The summed E-state index contributed by atoms with van der Waals surface area (Å²) in [7, 11) is 0. The SMILES string of the molecule is CCc1nn2c(=O)c(NC(=O)c3cccc(F)c3)c(C)nc2s1. The number of nitrogens with one attached hydrogen (secondary N) is 1. The molecule has 0 atom stereocenters. The number of nitrogens with zero attached hydrogens (tertiary/aromatic N) is 3. The van der Waals surface area contributed by atoms with Crippen LogP contribution in [0.2, 0.25) is 0 Å². The average molecular weight is 332 g/mol. The zero-order valence-electron chi connectivity index (χ0n) is 12.5. The summed E-state index contributed by atoms with van der Waals surface area (Å²) < 4.78 is 14.4. The van der Waals surface area contributed by atoms with Crippen molar-refractivity contribution < 1.29 is 9.18 Å². The van der Waals surface area contributed by atoms with E-state index >= 15 is 0 Å². The minimum atomic E-state index is -0.572. The van der Waals surface area contributed by atoms with Gasteiger partial charge in [-0.3, -0.25) is 9.59 Å². The summed E-state index contributed by atoms with van der Waals surface area (Å²) in [5, 5.41) is 7.46. The zero-order chi connectivity index (χ0) is 16.6. The lowest BCUT2D eigenvalue weighted by atomic mass is 10.2. The van der Waals surface area contributed by atoms with Crippen LogP contribution in [0.15, 0.2) is 29.1 Å². The molecular weight excluding hydrogens is 319 g/mol. The lowest BCUT2D eigenvalue weighted by Gasteiger charge is -2.07. The van der Waals surface area contributed by atoms with Gasteiger partial charge in [0.25, 0.3) is 11.5 Å². The van der Waals surface area contributed by atoms with Gasteiger partial charge in [-0.05, 0) is 31.5 Å². The molecule has 0 aliphatic heterocycles. The van der Waals surface area contributed by atoms with Gasteiger partial charge in [-0.1, -0.05) is 24.3 Å². The van der Waals surface area contributed by atoms with Gasteiger partial charge in [0.15, 0.2) is 0 Å². The Labute approximate surface area is 134 Å². The minimum absolute atomic E-state index is 0.0460. The number of anilines is 1. The Morgan fingerprint density at radius 2 is 2.22 bits per heavy atom. The Morgan fingerprint density at radius 1 is 1.43 bits per heavy atom. The highest BCUT2D eigenvalue weighted by molar-refractivity contribution is 7.16. The predicted octanol–water partition coefficient (Wildman–Crippen LogP) is 2.41. The van der Waals surface area contributed by atoms with Gasteiger partial charge in [-0.25, -0.2) is 9.37 Å². The van der Waals surface area contributed by atoms with Crippen LogP contribution in [0.4, 0.5) is 10.1 Å². The molecule has 0 bridgehead atoms. The Bertz CT molecular complexity index is 964. The summed E-state index contributed by atoms with van der Waals surface area (Å²) in [6, 6.07) is 5.24. The maximum Gasteiger partial charge on any atom is 0.299 e. The fraction of sp³-hybridized carbons (Fsp3) is 0.200. The smallest absolute Gasteiger partial charge is 0.299 e. The first-order chi connectivity index (χ1) is 11.0. The third kappa shape index (κ3) is 2.85. The van der Waals surface area contributed by atoms with Gasteiger partial charge in [-0.2, -0.15) is 9.61 Å². The van der Waals surface area contributed by atoms with Crippen molar-refractivity contribution in [3.63, 3.8) is 0 Å². The molecule has 2 aromatic heterocycles. The van der Waals surface area contributed by atoms with E-state index in [4.69, 9.17) is 0 Å². The van der Waals surface area contributed by atoms with Crippen LogP contribution in [0.25, 0.3) is 4.96 Å². The molecule has 3 rings (SSSR count). The number of fused-ring (bicyclic) bond motifs is 1. The lowest BCUT2D eigenvalue weighted by molar-refractivity contribution is 0.102. The van der Waals surface area contributed by atoms with Crippen LogP contribution < -0.4 is 10.9 Å². The molecule has 0 spiro atoms. The summed E-state index contributed by atoms with van der Waals surface area (Å²) in [6.07, 6.45) is 0.692. The van der Waals surface area contributed by atoms with E-state index in [1.54, 1.807) is 6.92 Å². The molecule has 0 saturated carbocycles. The van der Waals surface area contributed by atoms with Crippen LogP contribution in [0.5, 0.6) is 0 Å². The van der Waals surface area contributed by atoms with Crippen molar-refractivity contribution in [3.8, 4) is 0 Å². The topological polar surface area (TPSA) is 76.4 Å². The molecule has 6 nitrogen and oxygen atoms in total. The van der Waals surface area contributed by atoms with Crippen LogP contribution in [0.1, 0.15) is 28.0 Å². The fourth-order valence-corrected chi connectivity index (χ4v) is 2.96. The number of carbonyl (C=O) groups is 1. The molecule has 0 radical (unpaired) electrons. The Hall–Kier alpha value is -2.61. The highest BCUT2D eigenvalue weighted by atomic mass is 32.1. The first-order valence-electron chi connectivity index (χ1n) is 6.96. The van der Waals surface area contributed by atoms with Crippen molar-refractivity contribution in [2.24, 2.45) is 0 Å². The molecule has 1 N–H and O–H groups in total. The molecule has 0 unspecified atom stereocenters. The Morgan fingerprint density at radius 3 is 2.91 bits per heavy atom. The van der Waals surface area contributed by atoms with Gasteiger partial charge in [0, 0.05) is 5.56 Å². The van der Waals surface area contributed by atoms with Crippen LogP contribution >= 0.6 is 11.3 Å². The third-order valence-electron chi connectivity index (χ3n) is 3.26. The number of carbonyl (C=O) groups excluding carboxylic acids is 1. The van der Waals surface area contributed by atoms with E-state index in [2.05, 4.69) is 15.4 Å². The summed E-state index contributed by atoms with van der Waals surface area (Å²) in [5.74, 6) is -1.09. The van der Waals surface area contributed by atoms with Crippen molar-refractivity contribution in [2.75, 3.05) is 5.32 Å². The molecule has 8 heteroatoms. The second-order valence-corrected chi connectivity index (χ2v) is 5.93. The van der Waals surface area contributed by atoms with Gasteiger partial charge in [0.2, 0.25) is 4.96 Å². The molecule has 0 saturated heterocycles. The monoisotopic (exact) mass is 332 g/mol. The molecule has 3 aromatic rings. The lowest BCUT2D eigenvalue weighted by Crippen LogP contribution is -2.25. The van der Waals surface area contributed by atoms with Crippen LogP contribution in [0, 0.1) is 12.7 Å². The van der Waals surface area contributed by atoms with Gasteiger partial charge in [-0.15, -0.1) is 0 Å². The van der Waals surface area contributed by atoms with E-state index in [1.165, 1.54) is 34.1 Å². The third-order valence-corrected chi connectivity index (χ3v) is 4.31.